The van der Waals surface area contributed by atoms with E-state index in [0.717, 1.165) is 73.7 Å². The zero-order chi connectivity index (χ0) is 23.5. The third kappa shape index (κ3) is 5.16. The van der Waals surface area contributed by atoms with Gasteiger partial charge in [0.25, 0.3) is 5.56 Å². The number of fused-ring (bicyclic) bond motifs is 3. The van der Waals surface area contributed by atoms with Crippen LogP contribution in [-0.2, 0) is 29.9 Å². The van der Waals surface area contributed by atoms with Gasteiger partial charge in [0.1, 0.15) is 16.4 Å². The van der Waals surface area contributed by atoms with E-state index in [1.807, 2.05) is 17.0 Å². The molecule has 1 aliphatic heterocycles. The van der Waals surface area contributed by atoms with Gasteiger partial charge in [-0.1, -0.05) is 12.1 Å². The van der Waals surface area contributed by atoms with Crippen molar-refractivity contribution in [1.29, 1.82) is 0 Å². The number of thiophene rings is 1. The number of carbonyl (C=O) groups excluding carboxylic acids is 1. The van der Waals surface area contributed by atoms with E-state index in [2.05, 4.69) is 22.0 Å². The molecule has 1 saturated heterocycles. The summed E-state index contributed by atoms with van der Waals surface area (Å²) in [5.74, 6) is 3.14. The van der Waals surface area contributed by atoms with Crippen LogP contribution in [0.25, 0.3) is 10.2 Å². The zero-order valence-corrected chi connectivity index (χ0v) is 21.1. The summed E-state index contributed by atoms with van der Waals surface area (Å²) in [4.78, 5) is 39.4. The van der Waals surface area contributed by atoms with Crippen molar-refractivity contribution in [2.75, 3.05) is 39.0 Å². The van der Waals surface area contributed by atoms with Crippen molar-refractivity contribution in [2.24, 2.45) is 0 Å². The lowest BCUT2D eigenvalue weighted by atomic mass is 10.2. The van der Waals surface area contributed by atoms with E-state index in [1.165, 1.54) is 16.0 Å². The number of hydrogen-bond acceptors (Lipinski definition) is 7. The summed E-state index contributed by atoms with van der Waals surface area (Å²) in [5, 5.41) is 0.799. The van der Waals surface area contributed by atoms with Crippen LogP contribution in [0.3, 0.4) is 0 Å². The van der Waals surface area contributed by atoms with Crippen molar-refractivity contribution in [1.82, 2.24) is 19.8 Å². The molecular formula is C25H30N4O3S2. The second-order valence-corrected chi connectivity index (χ2v) is 11.0. The van der Waals surface area contributed by atoms with Gasteiger partial charge in [0.15, 0.2) is 0 Å². The Morgan fingerprint density at radius 3 is 2.74 bits per heavy atom. The van der Waals surface area contributed by atoms with E-state index in [4.69, 9.17) is 9.72 Å². The first-order valence-corrected chi connectivity index (χ1v) is 13.8. The first-order valence-electron chi connectivity index (χ1n) is 11.8. The number of methoxy groups -OCH3 is 1. The molecule has 1 N–H and O–H groups in total. The smallest absolute Gasteiger partial charge is 0.259 e. The molecule has 1 fully saturated rings. The van der Waals surface area contributed by atoms with Crippen LogP contribution < -0.4 is 10.3 Å². The lowest BCUT2D eigenvalue weighted by Gasteiger charge is -2.34. The molecule has 1 amide bonds. The average Bonchev–Trinajstić information content (AvgIpc) is 3.44. The van der Waals surface area contributed by atoms with Crippen LogP contribution in [0.1, 0.15) is 34.7 Å². The van der Waals surface area contributed by atoms with Crippen LogP contribution in [0, 0.1) is 0 Å². The van der Waals surface area contributed by atoms with Gasteiger partial charge in [-0.15, -0.1) is 11.3 Å². The normalized spacial score (nSPS) is 16.2. The molecule has 3 aromatic rings. The summed E-state index contributed by atoms with van der Waals surface area (Å²) in [6, 6.07) is 8.17. The topological polar surface area (TPSA) is 78.5 Å². The molecule has 0 unspecified atom stereocenters. The molecule has 9 heteroatoms. The molecule has 3 heterocycles. The van der Waals surface area contributed by atoms with E-state index >= 15 is 0 Å². The standard InChI is InChI=1S/C25H30N4O3S2/c1-32-18-7-5-17(6-8-18)15-28-10-12-29(13-11-28)22(30)9-14-33-16-21-26-24(31)23-19-3-2-4-20(19)34-25(23)27-21/h5-8H,2-4,9-16H2,1H3,(H,26,27,31). The van der Waals surface area contributed by atoms with Gasteiger partial charge in [-0.3, -0.25) is 14.5 Å². The molecule has 5 rings (SSSR count). The van der Waals surface area contributed by atoms with Crippen LogP contribution in [-0.4, -0.2) is 64.7 Å². The Morgan fingerprint density at radius 1 is 1.18 bits per heavy atom. The molecule has 1 aliphatic carbocycles. The summed E-state index contributed by atoms with van der Waals surface area (Å²) in [7, 11) is 1.68. The molecular weight excluding hydrogens is 468 g/mol. The SMILES string of the molecule is COc1ccc(CN2CCN(C(=O)CCSCc3nc4sc5c(c4c(=O)[nH]3)CCC5)CC2)cc1. The second kappa shape index (κ2) is 10.5. The fraction of sp³-hybridized carbons (Fsp3) is 0.480. The first-order chi connectivity index (χ1) is 16.6. The number of aromatic amines is 1. The van der Waals surface area contributed by atoms with Gasteiger partial charge >= 0.3 is 0 Å². The maximum absolute atomic E-state index is 12.7. The molecule has 2 aromatic heterocycles. The monoisotopic (exact) mass is 498 g/mol. The summed E-state index contributed by atoms with van der Waals surface area (Å²) in [5.41, 5.74) is 2.46. The highest BCUT2D eigenvalue weighted by molar-refractivity contribution is 7.98. The Labute approximate surface area is 207 Å². The van der Waals surface area contributed by atoms with Gasteiger partial charge in [-0.2, -0.15) is 11.8 Å². The number of nitrogens with one attached hydrogen (secondary N) is 1. The number of aryl methyl sites for hydroxylation is 2. The number of nitrogens with zero attached hydrogens (tertiary/aromatic N) is 3. The molecule has 34 heavy (non-hydrogen) atoms. The van der Waals surface area contributed by atoms with E-state index < -0.39 is 0 Å². The fourth-order valence-electron chi connectivity index (χ4n) is 4.75. The minimum atomic E-state index is -0.0106. The molecule has 0 radical (unpaired) electrons. The van der Waals surface area contributed by atoms with Crippen LogP contribution in [0.2, 0.25) is 0 Å². The molecule has 1 aromatic carbocycles. The maximum Gasteiger partial charge on any atom is 0.259 e. The number of aromatic nitrogens is 2. The van der Waals surface area contributed by atoms with Crippen molar-refractivity contribution >= 4 is 39.2 Å². The first kappa shape index (κ1) is 23.4. The van der Waals surface area contributed by atoms with Crippen LogP contribution in [0.4, 0.5) is 0 Å². The summed E-state index contributed by atoms with van der Waals surface area (Å²) in [6.45, 7) is 4.22. The van der Waals surface area contributed by atoms with E-state index in [-0.39, 0.29) is 11.5 Å². The fourth-order valence-corrected chi connectivity index (χ4v) is 6.82. The second-order valence-electron chi connectivity index (χ2n) is 8.86. The zero-order valence-electron chi connectivity index (χ0n) is 19.5. The predicted octanol–water partition coefficient (Wildman–Crippen LogP) is 3.45. The highest BCUT2D eigenvalue weighted by Gasteiger charge is 2.22. The van der Waals surface area contributed by atoms with Gasteiger partial charge in [0.05, 0.1) is 18.2 Å². The number of rotatable bonds is 8. The Kier molecular flexibility index (Phi) is 7.22. The van der Waals surface area contributed by atoms with Gasteiger partial charge in [-0.05, 0) is 42.5 Å². The Bertz CT molecular complexity index is 1210. The van der Waals surface area contributed by atoms with Crippen molar-refractivity contribution in [2.45, 2.75) is 38.0 Å². The van der Waals surface area contributed by atoms with Crippen LogP contribution >= 0.6 is 23.1 Å². The van der Waals surface area contributed by atoms with E-state index in [9.17, 15) is 9.59 Å². The number of hydrogen-bond donors (Lipinski definition) is 1. The van der Waals surface area contributed by atoms with Crippen molar-refractivity contribution in [3.8, 4) is 5.75 Å². The lowest BCUT2D eigenvalue weighted by Crippen LogP contribution is -2.48. The molecule has 0 spiro atoms. The summed E-state index contributed by atoms with van der Waals surface area (Å²) < 4.78 is 5.22. The number of benzene rings is 1. The van der Waals surface area contributed by atoms with Gasteiger partial charge in [0.2, 0.25) is 5.91 Å². The van der Waals surface area contributed by atoms with E-state index in [0.29, 0.717) is 18.0 Å². The molecule has 180 valence electrons. The number of carbonyl (C=O) groups is 1. The van der Waals surface area contributed by atoms with Crippen LogP contribution in [0.5, 0.6) is 5.75 Å². The lowest BCUT2D eigenvalue weighted by molar-refractivity contribution is -0.132. The number of amides is 1. The third-order valence-corrected chi connectivity index (χ3v) is 8.77. The van der Waals surface area contributed by atoms with Gasteiger partial charge in [-0.25, -0.2) is 4.98 Å². The quantitative estimate of drug-likeness (QED) is 0.480. The molecule has 7 nitrogen and oxygen atoms in total. The molecule has 2 aliphatic rings. The number of thioether (sulfide) groups is 1. The van der Waals surface area contributed by atoms with Crippen molar-refractivity contribution < 1.29 is 9.53 Å². The number of ether oxygens (including phenoxy) is 1. The van der Waals surface area contributed by atoms with Crippen LogP contribution in [0.15, 0.2) is 29.1 Å². The molecule has 0 bridgehead atoms. The molecule has 0 saturated carbocycles. The number of piperazine rings is 1. The maximum atomic E-state index is 12.7. The summed E-state index contributed by atoms with van der Waals surface area (Å²) >= 11 is 3.32. The predicted molar refractivity (Wildman–Crippen MR) is 138 cm³/mol. The highest BCUT2D eigenvalue weighted by Crippen LogP contribution is 2.34. The minimum absolute atomic E-state index is 0.0106. The number of H-pyrrole nitrogens is 1. The Hall–Kier alpha value is -2.36. The highest BCUT2D eigenvalue weighted by atomic mass is 32.2. The molecule has 0 atom stereocenters. The summed E-state index contributed by atoms with van der Waals surface area (Å²) in [6.07, 6.45) is 3.71. The van der Waals surface area contributed by atoms with E-state index in [1.54, 1.807) is 30.2 Å². The third-order valence-electron chi connectivity index (χ3n) is 6.61. The van der Waals surface area contributed by atoms with Gasteiger partial charge in [0, 0.05) is 49.8 Å². The minimum Gasteiger partial charge on any atom is -0.497 e. The Morgan fingerprint density at radius 2 is 1.97 bits per heavy atom. The van der Waals surface area contributed by atoms with Crippen molar-refractivity contribution in [3.05, 3.63) is 56.4 Å². The van der Waals surface area contributed by atoms with Crippen molar-refractivity contribution in [3.63, 3.8) is 0 Å². The largest absolute Gasteiger partial charge is 0.497 e. The Balaban J connectivity index is 1.05. The average molecular weight is 499 g/mol. The van der Waals surface area contributed by atoms with Gasteiger partial charge < -0.3 is 14.6 Å².